The van der Waals surface area contributed by atoms with Gasteiger partial charge in [0.05, 0.1) is 24.6 Å². The molecule has 0 aliphatic carbocycles. The smallest absolute Gasteiger partial charge is 0.264 e. The molecule has 25 heavy (non-hydrogen) atoms. The summed E-state index contributed by atoms with van der Waals surface area (Å²) in [5, 5.41) is 11.3. The average Bonchev–Trinajstić information content (AvgIpc) is 3.31. The fourth-order valence-electron chi connectivity index (χ4n) is 2.83. The predicted octanol–water partition coefficient (Wildman–Crippen LogP) is 2.28. The first-order chi connectivity index (χ1) is 12.1. The minimum atomic E-state index is -0.613. The molecule has 0 saturated carbocycles. The van der Waals surface area contributed by atoms with Crippen LogP contribution in [0.1, 0.15) is 37.6 Å². The normalized spacial score (nSPS) is 17.6. The molecule has 132 valence electrons. The standard InChI is InChI=1S/C18H22N4O3/c1-4-22-16(9-10-19-22)12(2)20-18(23)17-11-15(21-25-17)13-5-7-14(24-3)8-6-13/h5-10,12,17H,4,11H2,1-3H3,(H,20,23). The summed E-state index contributed by atoms with van der Waals surface area (Å²) in [7, 11) is 1.62. The van der Waals surface area contributed by atoms with E-state index in [1.165, 1.54) is 0 Å². The number of nitrogens with zero attached hydrogens (tertiary/aromatic N) is 3. The Morgan fingerprint density at radius 1 is 1.40 bits per heavy atom. The van der Waals surface area contributed by atoms with Gasteiger partial charge in [-0.15, -0.1) is 0 Å². The lowest BCUT2D eigenvalue weighted by molar-refractivity contribution is -0.131. The number of carbonyl (C=O) groups excluding carboxylic acids is 1. The molecule has 7 nitrogen and oxygen atoms in total. The number of rotatable bonds is 6. The van der Waals surface area contributed by atoms with Gasteiger partial charge in [0.25, 0.3) is 5.91 Å². The maximum atomic E-state index is 12.5. The van der Waals surface area contributed by atoms with E-state index in [2.05, 4.69) is 15.6 Å². The summed E-state index contributed by atoms with van der Waals surface area (Å²) in [6, 6.07) is 9.29. The van der Waals surface area contributed by atoms with Crippen molar-refractivity contribution >= 4 is 11.6 Å². The van der Waals surface area contributed by atoms with E-state index >= 15 is 0 Å². The van der Waals surface area contributed by atoms with Gasteiger partial charge in [0, 0.05) is 19.2 Å². The lowest BCUT2D eigenvalue weighted by Crippen LogP contribution is -2.37. The van der Waals surface area contributed by atoms with Gasteiger partial charge >= 0.3 is 0 Å². The Morgan fingerprint density at radius 3 is 2.84 bits per heavy atom. The molecule has 2 aromatic rings. The van der Waals surface area contributed by atoms with Gasteiger partial charge in [0.15, 0.2) is 0 Å². The van der Waals surface area contributed by atoms with E-state index < -0.39 is 6.10 Å². The molecule has 7 heteroatoms. The Bertz CT molecular complexity index is 767. The molecule has 0 fully saturated rings. The maximum Gasteiger partial charge on any atom is 0.264 e. The molecule has 0 spiro atoms. The molecule has 1 aromatic heterocycles. The summed E-state index contributed by atoms with van der Waals surface area (Å²) < 4.78 is 7.01. The third-order valence-electron chi connectivity index (χ3n) is 4.24. The van der Waals surface area contributed by atoms with Crippen molar-refractivity contribution in [1.29, 1.82) is 0 Å². The fourth-order valence-corrected chi connectivity index (χ4v) is 2.83. The second kappa shape index (κ2) is 7.38. The van der Waals surface area contributed by atoms with Crippen molar-refractivity contribution in [3.05, 3.63) is 47.8 Å². The van der Waals surface area contributed by atoms with Gasteiger partial charge in [0.1, 0.15) is 5.75 Å². The number of aromatic nitrogens is 2. The van der Waals surface area contributed by atoms with Crippen molar-refractivity contribution in [3.63, 3.8) is 0 Å². The Morgan fingerprint density at radius 2 is 2.16 bits per heavy atom. The van der Waals surface area contributed by atoms with Gasteiger partial charge in [-0.25, -0.2) is 0 Å². The maximum absolute atomic E-state index is 12.5. The van der Waals surface area contributed by atoms with E-state index in [9.17, 15) is 4.79 Å². The fraction of sp³-hybridized carbons (Fsp3) is 0.389. The van der Waals surface area contributed by atoms with Crippen LogP contribution >= 0.6 is 0 Å². The largest absolute Gasteiger partial charge is 0.497 e. The van der Waals surface area contributed by atoms with Gasteiger partial charge in [0.2, 0.25) is 6.10 Å². The molecule has 2 heterocycles. The topological polar surface area (TPSA) is 77.7 Å². The Balaban J connectivity index is 1.59. The van der Waals surface area contributed by atoms with Crippen molar-refractivity contribution in [2.75, 3.05) is 7.11 Å². The first kappa shape index (κ1) is 17.0. The third-order valence-corrected chi connectivity index (χ3v) is 4.24. The second-order valence-electron chi connectivity index (χ2n) is 5.87. The molecule has 1 aliphatic heterocycles. The minimum absolute atomic E-state index is 0.149. The highest BCUT2D eigenvalue weighted by molar-refractivity contribution is 6.04. The van der Waals surface area contributed by atoms with Crippen LogP contribution in [0.3, 0.4) is 0 Å². The van der Waals surface area contributed by atoms with E-state index in [1.807, 2.05) is 48.9 Å². The van der Waals surface area contributed by atoms with Crippen LogP contribution in [-0.4, -0.2) is 34.6 Å². The van der Waals surface area contributed by atoms with Crippen LogP contribution in [0.15, 0.2) is 41.7 Å². The van der Waals surface area contributed by atoms with Crippen molar-refractivity contribution < 1.29 is 14.4 Å². The molecule has 0 bridgehead atoms. The Labute approximate surface area is 146 Å². The number of hydrogen-bond acceptors (Lipinski definition) is 5. The van der Waals surface area contributed by atoms with Crippen LogP contribution in [0, 0.1) is 0 Å². The first-order valence-electron chi connectivity index (χ1n) is 8.31. The number of aryl methyl sites for hydroxylation is 1. The van der Waals surface area contributed by atoms with Crippen LogP contribution in [0.5, 0.6) is 5.75 Å². The molecule has 1 aliphatic rings. The van der Waals surface area contributed by atoms with Gasteiger partial charge < -0.3 is 14.9 Å². The summed E-state index contributed by atoms with van der Waals surface area (Å²) >= 11 is 0. The zero-order valence-electron chi connectivity index (χ0n) is 14.6. The van der Waals surface area contributed by atoms with Gasteiger partial charge in [-0.2, -0.15) is 5.10 Å². The molecule has 1 N–H and O–H groups in total. The van der Waals surface area contributed by atoms with E-state index in [0.717, 1.165) is 29.3 Å². The molecule has 1 aromatic carbocycles. The molecule has 0 radical (unpaired) electrons. The highest BCUT2D eigenvalue weighted by atomic mass is 16.6. The molecule has 3 rings (SSSR count). The van der Waals surface area contributed by atoms with Gasteiger partial charge in [-0.3, -0.25) is 9.48 Å². The zero-order valence-corrected chi connectivity index (χ0v) is 14.6. The van der Waals surface area contributed by atoms with Crippen LogP contribution < -0.4 is 10.1 Å². The van der Waals surface area contributed by atoms with E-state index in [1.54, 1.807) is 13.3 Å². The summed E-state index contributed by atoms with van der Waals surface area (Å²) in [5.74, 6) is 0.600. The number of methoxy groups -OCH3 is 1. The Kier molecular flexibility index (Phi) is 5.02. The highest BCUT2D eigenvalue weighted by Crippen LogP contribution is 2.20. The minimum Gasteiger partial charge on any atom is -0.497 e. The molecule has 0 saturated heterocycles. The van der Waals surface area contributed by atoms with Crippen LogP contribution in [0.2, 0.25) is 0 Å². The number of carbonyl (C=O) groups is 1. The van der Waals surface area contributed by atoms with E-state index in [-0.39, 0.29) is 11.9 Å². The van der Waals surface area contributed by atoms with Crippen LogP contribution in [0.4, 0.5) is 0 Å². The molecular formula is C18H22N4O3. The molecule has 2 unspecified atom stereocenters. The number of amides is 1. The van der Waals surface area contributed by atoms with Crippen LogP contribution in [0.25, 0.3) is 0 Å². The summed E-state index contributed by atoms with van der Waals surface area (Å²) in [5.41, 5.74) is 2.65. The number of nitrogens with one attached hydrogen (secondary N) is 1. The van der Waals surface area contributed by atoms with Gasteiger partial charge in [-0.1, -0.05) is 5.16 Å². The molecule has 2 atom stereocenters. The van der Waals surface area contributed by atoms with Crippen LogP contribution in [-0.2, 0) is 16.2 Å². The quantitative estimate of drug-likeness (QED) is 0.874. The number of oxime groups is 1. The Hall–Kier alpha value is -2.83. The van der Waals surface area contributed by atoms with Crippen molar-refractivity contribution in [2.45, 2.75) is 39.0 Å². The predicted molar refractivity (Wildman–Crippen MR) is 93.5 cm³/mol. The summed E-state index contributed by atoms with van der Waals surface area (Å²) in [6.07, 6.45) is 1.56. The lowest BCUT2D eigenvalue weighted by atomic mass is 10.0. The second-order valence-corrected chi connectivity index (χ2v) is 5.87. The van der Waals surface area contributed by atoms with E-state index in [4.69, 9.17) is 9.57 Å². The third kappa shape index (κ3) is 3.65. The van der Waals surface area contributed by atoms with Crippen molar-refractivity contribution in [3.8, 4) is 5.75 Å². The lowest BCUT2D eigenvalue weighted by Gasteiger charge is -2.17. The molecule has 1 amide bonds. The number of ether oxygens (including phenoxy) is 1. The summed E-state index contributed by atoms with van der Waals surface area (Å²) in [6.45, 7) is 4.70. The highest BCUT2D eigenvalue weighted by Gasteiger charge is 2.30. The monoisotopic (exact) mass is 342 g/mol. The zero-order chi connectivity index (χ0) is 17.8. The van der Waals surface area contributed by atoms with Gasteiger partial charge in [-0.05, 0) is 49.7 Å². The van der Waals surface area contributed by atoms with Crippen molar-refractivity contribution in [1.82, 2.24) is 15.1 Å². The number of hydrogen-bond donors (Lipinski definition) is 1. The number of benzene rings is 1. The first-order valence-corrected chi connectivity index (χ1v) is 8.31. The average molecular weight is 342 g/mol. The SMILES string of the molecule is CCn1nccc1C(C)NC(=O)C1CC(c2ccc(OC)cc2)=NO1. The summed E-state index contributed by atoms with van der Waals surface area (Å²) in [4.78, 5) is 17.8. The molecular weight excluding hydrogens is 320 g/mol. The van der Waals surface area contributed by atoms with E-state index in [0.29, 0.717) is 6.42 Å². The van der Waals surface area contributed by atoms with Crippen molar-refractivity contribution in [2.24, 2.45) is 5.16 Å².